The van der Waals surface area contributed by atoms with Gasteiger partial charge < -0.3 is 5.32 Å². The Balaban J connectivity index is 2.95. The summed E-state index contributed by atoms with van der Waals surface area (Å²) >= 11 is 0. The number of rotatable bonds is 8. The molecule has 0 bridgehead atoms. The molecule has 0 aliphatic carbocycles. The molecule has 4 nitrogen and oxygen atoms in total. The van der Waals surface area contributed by atoms with E-state index < -0.39 is 10.0 Å². The SMILES string of the molecule is CCNc1ccc(S(=O)(=O)N(CC)CC(C)CC)cc1. The van der Waals surface area contributed by atoms with Crippen LogP contribution >= 0.6 is 0 Å². The molecule has 1 rings (SSSR count). The van der Waals surface area contributed by atoms with E-state index >= 15 is 0 Å². The van der Waals surface area contributed by atoms with Crippen molar-refractivity contribution in [3.05, 3.63) is 24.3 Å². The van der Waals surface area contributed by atoms with Crippen LogP contribution in [0, 0.1) is 5.92 Å². The molecule has 0 aromatic heterocycles. The topological polar surface area (TPSA) is 49.4 Å². The molecule has 5 heteroatoms. The van der Waals surface area contributed by atoms with E-state index in [4.69, 9.17) is 0 Å². The van der Waals surface area contributed by atoms with Gasteiger partial charge in [0.05, 0.1) is 4.90 Å². The summed E-state index contributed by atoms with van der Waals surface area (Å²) in [5, 5.41) is 3.16. The number of hydrogen-bond donors (Lipinski definition) is 1. The van der Waals surface area contributed by atoms with E-state index in [2.05, 4.69) is 19.2 Å². The van der Waals surface area contributed by atoms with Crippen LogP contribution in [0.15, 0.2) is 29.2 Å². The standard InChI is InChI=1S/C15H26N2O2S/c1-5-13(4)12-17(7-3)20(18,19)15-10-8-14(9-11-15)16-6-2/h8-11,13,16H,5-7,12H2,1-4H3. The second kappa shape index (κ2) is 7.64. The Morgan fingerprint density at radius 1 is 1.15 bits per heavy atom. The van der Waals surface area contributed by atoms with Gasteiger partial charge in [0.15, 0.2) is 0 Å². The van der Waals surface area contributed by atoms with E-state index in [9.17, 15) is 8.42 Å². The molecule has 0 heterocycles. The third-order valence-electron chi connectivity index (χ3n) is 3.44. The summed E-state index contributed by atoms with van der Waals surface area (Å²) in [5.41, 5.74) is 0.941. The molecule has 1 N–H and O–H groups in total. The minimum Gasteiger partial charge on any atom is -0.385 e. The van der Waals surface area contributed by atoms with Crippen molar-refractivity contribution >= 4 is 15.7 Å². The fourth-order valence-electron chi connectivity index (χ4n) is 1.97. The van der Waals surface area contributed by atoms with E-state index in [1.165, 1.54) is 0 Å². The molecule has 1 atom stereocenters. The van der Waals surface area contributed by atoms with Crippen molar-refractivity contribution in [2.45, 2.75) is 39.0 Å². The fraction of sp³-hybridized carbons (Fsp3) is 0.600. The zero-order valence-electron chi connectivity index (χ0n) is 12.9. The van der Waals surface area contributed by atoms with Gasteiger partial charge in [0.2, 0.25) is 10.0 Å². The number of benzene rings is 1. The van der Waals surface area contributed by atoms with Crippen molar-refractivity contribution in [2.75, 3.05) is 25.0 Å². The molecule has 0 fully saturated rings. The second-order valence-electron chi connectivity index (χ2n) is 5.02. The van der Waals surface area contributed by atoms with Gasteiger partial charge in [-0.15, -0.1) is 0 Å². The molecule has 0 radical (unpaired) electrons. The Morgan fingerprint density at radius 2 is 1.75 bits per heavy atom. The highest BCUT2D eigenvalue weighted by Crippen LogP contribution is 2.20. The molecule has 0 amide bonds. The molecule has 1 aromatic rings. The molecule has 114 valence electrons. The molecule has 0 saturated heterocycles. The average Bonchev–Trinajstić information content (AvgIpc) is 2.45. The van der Waals surface area contributed by atoms with Crippen molar-refractivity contribution in [1.29, 1.82) is 0 Å². The molecule has 1 aromatic carbocycles. The largest absolute Gasteiger partial charge is 0.385 e. The van der Waals surface area contributed by atoms with Crippen LogP contribution < -0.4 is 5.32 Å². The van der Waals surface area contributed by atoms with Crippen LogP contribution in [0.3, 0.4) is 0 Å². The molecule has 0 aliphatic rings. The quantitative estimate of drug-likeness (QED) is 0.802. The lowest BCUT2D eigenvalue weighted by molar-refractivity contribution is 0.361. The molecule has 0 aliphatic heterocycles. The van der Waals surface area contributed by atoms with Gasteiger partial charge in [-0.1, -0.05) is 27.2 Å². The molecule has 20 heavy (non-hydrogen) atoms. The maximum Gasteiger partial charge on any atom is 0.243 e. The first-order valence-electron chi connectivity index (χ1n) is 7.29. The van der Waals surface area contributed by atoms with Gasteiger partial charge in [0.1, 0.15) is 0 Å². The summed E-state index contributed by atoms with van der Waals surface area (Å²) in [6, 6.07) is 6.97. The lowest BCUT2D eigenvalue weighted by atomic mass is 10.1. The predicted molar refractivity (Wildman–Crippen MR) is 84.5 cm³/mol. The van der Waals surface area contributed by atoms with Crippen LogP contribution in [-0.2, 0) is 10.0 Å². The highest BCUT2D eigenvalue weighted by atomic mass is 32.2. The highest BCUT2D eigenvalue weighted by molar-refractivity contribution is 7.89. The third kappa shape index (κ3) is 4.21. The summed E-state index contributed by atoms with van der Waals surface area (Å²) in [7, 11) is -3.38. The highest BCUT2D eigenvalue weighted by Gasteiger charge is 2.24. The summed E-state index contributed by atoms with van der Waals surface area (Å²) in [5.74, 6) is 0.366. The number of nitrogens with zero attached hydrogens (tertiary/aromatic N) is 1. The second-order valence-corrected chi connectivity index (χ2v) is 6.96. The van der Waals surface area contributed by atoms with E-state index in [1.54, 1.807) is 16.4 Å². The monoisotopic (exact) mass is 298 g/mol. The average molecular weight is 298 g/mol. The first-order chi connectivity index (χ1) is 9.45. The lowest BCUT2D eigenvalue weighted by Gasteiger charge is -2.23. The maximum absolute atomic E-state index is 12.6. The summed E-state index contributed by atoms with van der Waals surface area (Å²) < 4.78 is 26.7. The van der Waals surface area contributed by atoms with Gasteiger partial charge >= 0.3 is 0 Å². The summed E-state index contributed by atoms with van der Waals surface area (Å²) in [6.07, 6.45) is 0.978. The van der Waals surface area contributed by atoms with E-state index in [0.29, 0.717) is 23.9 Å². The molecule has 1 unspecified atom stereocenters. The Morgan fingerprint density at radius 3 is 2.20 bits per heavy atom. The van der Waals surface area contributed by atoms with Crippen molar-refractivity contribution in [3.63, 3.8) is 0 Å². The maximum atomic E-state index is 12.6. The van der Waals surface area contributed by atoms with Crippen molar-refractivity contribution in [2.24, 2.45) is 5.92 Å². The minimum atomic E-state index is -3.38. The number of hydrogen-bond acceptors (Lipinski definition) is 3. The summed E-state index contributed by atoms with van der Waals surface area (Å²) in [4.78, 5) is 0.365. The summed E-state index contributed by atoms with van der Waals surface area (Å²) in [6.45, 7) is 9.94. The van der Waals surface area contributed by atoms with Crippen LogP contribution in [0.25, 0.3) is 0 Å². The van der Waals surface area contributed by atoms with Crippen LogP contribution in [0.4, 0.5) is 5.69 Å². The molecular weight excluding hydrogens is 272 g/mol. The minimum absolute atomic E-state index is 0.365. The number of anilines is 1. The number of sulfonamides is 1. The van der Waals surface area contributed by atoms with Gasteiger partial charge in [0.25, 0.3) is 0 Å². The number of nitrogens with one attached hydrogen (secondary N) is 1. The zero-order chi connectivity index (χ0) is 15.2. The van der Waals surface area contributed by atoms with E-state index in [1.807, 2.05) is 26.0 Å². The predicted octanol–water partition coefficient (Wildman–Crippen LogP) is 3.18. The van der Waals surface area contributed by atoms with Crippen LogP contribution in [0.1, 0.15) is 34.1 Å². The Labute approximate surface area is 123 Å². The molecule has 0 saturated carbocycles. The Kier molecular flexibility index (Phi) is 6.49. The molecular formula is C15H26N2O2S. The van der Waals surface area contributed by atoms with Gasteiger partial charge in [-0.05, 0) is 37.1 Å². The lowest BCUT2D eigenvalue weighted by Crippen LogP contribution is -2.34. The van der Waals surface area contributed by atoms with Crippen molar-refractivity contribution in [3.8, 4) is 0 Å². The van der Waals surface area contributed by atoms with E-state index in [0.717, 1.165) is 18.7 Å². The van der Waals surface area contributed by atoms with Crippen LogP contribution in [-0.4, -0.2) is 32.4 Å². The first-order valence-corrected chi connectivity index (χ1v) is 8.73. The first kappa shape index (κ1) is 17.0. The van der Waals surface area contributed by atoms with Crippen molar-refractivity contribution < 1.29 is 8.42 Å². The molecule has 0 spiro atoms. The van der Waals surface area contributed by atoms with Crippen LogP contribution in [0.2, 0.25) is 0 Å². The zero-order valence-corrected chi connectivity index (χ0v) is 13.7. The fourth-order valence-corrected chi connectivity index (χ4v) is 3.54. The van der Waals surface area contributed by atoms with Gasteiger partial charge in [-0.3, -0.25) is 0 Å². The van der Waals surface area contributed by atoms with Gasteiger partial charge in [-0.2, -0.15) is 4.31 Å². The Hall–Kier alpha value is -1.07. The normalized spacial score (nSPS) is 13.4. The smallest absolute Gasteiger partial charge is 0.243 e. The third-order valence-corrected chi connectivity index (χ3v) is 5.39. The van der Waals surface area contributed by atoms with E-state index in [-0.39, 0.29) is 0 Å². The van der Waals surface area contributed by atoms with Crippen LogP contribution in [0.5, 0.6) is 0 Å². The Bertz CT molecular complexity index is 497. The van der Waals surface area contributed by atoms with Gasteiger partial charge in [0, 0.05) is 25.3 Å². The van der Waals surface area contributed by atoms with Gasteiger partial charge in [-0.25, -0.2) is 8.42 Å². The van der Waals surface area contributed by atoms with Crippen molar-refractivity contribution in [1.82, 2.24) is 4.31 Å².